The van der Waals surface area contributed by atoms with Crippen LogP contribution in [0.25, 0.3) is 0 Å². The molecule has 0 aliphatic carbocycles. The second-order valence-electron chi connectivity index (χ2n) is 5.26. The Morgan fingerprint density at radius 1 is 1.35 bits per heavy atom. The first-order valence-electron chi connectivity index (χ1n) is 7.05. The lowest BCUT2D eigenvalue weighted by Crippen LogP contribution is -2.34. The Hall–Kier alpha value is -1.73. The van der Waals surface area contributed by atoms with Gasteiger partial charge in [0.1, 0.15) is 0 Å². The molecule has 7 heteroatoms. The first-order chi connectivity index (χ1) is 9.83. The van der Waals surface area contributed by atoms with Crippen LogP contribution < -0.4 is 5.73 Å². The van der Waals surface area contributed by atoms with Crippen molar-refractivity contribution in [3.05, 3.63) is 30.2 Å². The van der Waals surface area contributed by atoms with E-state index in [0.717, 1.165) is 32.0 Å². The van der Waals surface area contributed by atoms with Crippen molar-refractivity contribution in [1.82, 2.24) is 24.8 Å². The van der Waals surface area contributed by atoms with Gasteiger partial charge in [-0.2, -0.15) is 10.1 Å². The predicted molar refractivity (Wildman–Crippen MR) is 72.4 cm³/mol. The summed E-state index contributed by atoms with van der Waals surface area (Å²) in [6.45, 7) is 4.20. The van der Waals surface area contributed by atoms with Gasteiger partial charge in [0.25, 0.3) is 0 Å². The minimum atomic E-state index is 0.305. The molecule has 0 bridgehead atoms. The number of nitrogens with zero attached hydrogens (tertiary/aromatic N) is 5. The van der Waals surface area contributed by atoms with Gasteiger partial charge in [0.05, 0.1) is 13.1 Å². The molecule has 0 atom stereocenters. The molecule has 2 N–H and O–H groups in total. The molecule has 1 aliphatic heterocycles. The lowest BCUT2D eigenvalue weighted by molar-refractivity contribution is 0.160. The van der Waals surface area contributed by atoms with Gasteiger partial charge in [0.15, 0.2) is 5.82 Å². The van der Waals surface area contributed by atoms with Crippen LogP contribution in [0.3, 0.4) is 0 Å². The summed E-state index contributed by atoms with van der Waals surface area (Å²) in [5.74, 6) is 1.94. The summed E-state index contributed by atoms with van der Waals surface area (Å²) >= 11 is 0. The third-order valence-corrected chi connectivity index (χ3v) is 3.76. The van der Waals surface area contributed by atoms with Crippen LogP contribution in [0.1, 0.15) is 24.6 Å². The van der Waals surface area contributed by atoms with Gasteiger partial charge in [0.2, 0.25) is 5.89 Å². The van der Waals surface area contributed by atoms with Crippen molar-refractivity contribution in [2.45, 2.75) is 32.5 Å². The van der Waals surface area contributed by atoms with E-state index in [2.05, 4.69) is 20.1 Å². The molecule has 1 saturated heterocycles. The zero-order chi connectivity index (χ0) is 13.8. The first kappa shape index (κ1) is 13.3. The van der Waals surface area contributed by atoms with Gasteiger partial charge in [-0.3, -0.25) is 9.58 Å². The SMILES string of the molecule is NCc1nc(CN2CCC(Cn3cccn3)CC2)no1. The van der Waals surface area contributed by atoms with Crippen LogP contribution in [0.4, 0.5) is 0 Å². The molecular formula is C13H20N6O. The fourth-order valence-corrected chi connectivity index (χ4v) is 2.64. The van der Waals surface area contributed by atoms with E-state index in [0.29, 0.717) is 18.4 Å². The summed E-state index contributed by atoms with van der Waals surface area (Å²) in [6.07, 6.45) is 6.23. The maximum Gasteiger partial charge on any atom is 0.240 e. The molecule has 20 heavy (non-hydrogen) atoms. The van der Waals surface area contributed by atoms with E-state index in [1.807, 2.05) is 23.1 Å². The molecule has 0 saturated carbocycles. The van der Waals surface area contributed by atoms with E-state index < -0.39 is 0 Å². The van der Waals surface area contributed by atoms with Crippen molar-refractivity contribution in [3.8, 4) is 0 Å². The van der Waals surface area contributed by atoms with Crippen LogP contribution in [0.5, 0.6) is 0 Å². The van der Waals surface area contributed by atoms with Gasteiger partial charge in [-0.15, -0.1) is 0 Å². The molecule has 1 fully saturated rings. The highest BCUT2D eigenvalue weighted by atomic mass is 16.5. The third-order valence-electron chi connectivity index (χ3n) is 3.76. The minimum Gasteiger partial charge on any atom is -0.338 e. The predicted octanol–water partition coefficient (Wildman–Crippen LogP) is 0.637. The van der Waals surface area contributed by atoms with Crippen LogP contribution in [-0.4, -0.2) is 37.9 Å². The number of likely N-dealkylation sites (tertiary alicyclic amines) is 1. The third kappa shape index (κ3) is 3.23. The smallest absolute Gasteiger partial charge is 0.240 e. The van der Waals surface area contributed by atoms with Gasteiger partial charge in [0, 0.05) is 18.9 Å². The van der Waals surface area contributed by atoms with Crippen molar-refractivity contribution < 1.29 is 4.52 Å². The minimum absolute atomic E-state index is 0.305. The summed E-state index contributed by atoms with van der Waals surface area (Å²) in [5.41, 5.74) is 5.46. The Morgan fingerprint density at radius 3 is 2.85 bits per heavy atom. The van der Waals surface area contributed by atoms with Gasteiger partial charge >= 0.3 is 0 Å². The maximum atomic E-state index is 5.46. The molecule has 2 aromatic rings. The number of hydrogen-bond donors (Lipinski definition) is 1. The highest BCUT2D eigenvalue weighted by Crippen LogP contribution is 2.19. The Morgan fingerprint density at radius 2 is 2.20 bits per heavy atom. The Bertz CT molecular complexity index is 515. The molecule has 2 aromatic heterocycles. The maximum absolute atomic E-state index is 5.46. The average molecular weight is 276 g/mol. The quantitative estimate of drug-likeness (QED) is 0.862. The van der Waals surface area contributed by atoms with Crippen LogP contribution in [0.15, 0.2) is 23.0 Å². The van der Waals surface area contributed by atoms with Crippen LogP contribution in [-0.2, 0) is 19.6 Å². The van der Waals surface area contributed by atoms with Gasteiger partial charge in [-0.1, -0.05) is 5.16 Å². The summed E-state index contributed by atoms with van der Waals surface area (Å²) in [6, 6.07) is 1.97. The Balaban J connectivity index is 1.46. The normalized spacial score (nSPS) is 17.6. The van der Waals surface area contributed by atoms with Crippen molar-refractivity contribution in [2.75, 3.05) is 13.1 Å². The zero-order valence-electron chi connectivity index (χ0n) is 11.5. The summed E-state index contributed by atoms with van der Waals surface area (Å²) in [5, 5.41) is 8.21. The molecule has 0 unspecified atom stereocenters. The van der Waals surface area contributed by atoms with Crippen LogP contribution in [0.2, 0.25) is 0 Å². The first-order valence-corrected chi connectivity index (χ1v) is 7.05. The molecular weight excluding hydrogens is 256 g/mol. The molecule has 0 spiro atoms. The number of piperidine rings is 1. The van der Waals surface area contributed by atoms with Gasteiger partial charge in [-0.05, 0) is 37.9 Å². The molecule has 3 heterocycles. The summed E-state index contributed by atoms with van der Waals surface area (Å²) in [7, 11) is 0. The number of hydrogen-bond acceptors (Lipinski definition) is 6. The second-order valence-corrected chi connectivity index (χ2v) is 5.26. The number of aromatic nitrogens is 4. The van der Waals surface area contributed by atoms with Gasteiger partial charge < -0.3 is 10.3 Å². The molecule has 7 nitrogen and oxygen atoms in total. The van der Waals surface area contributed by atoms with Gasteiger partial charge in [-0.25, -0.2) is 0 Å². The molecule has 0 aromatic carbocycles. The van der Waals surface area contributed by atoms with Crippen LogP contribution in [0, 0.1) is 5.92 Å². The monoisotopic (exact) mass is 276 g/mol. The Kier molecular flexibility index (Phi) is 4.08. The molecule has 0 radical (unpaired) electrons. The number of nitrogens with two attached hydrogens (primary N) is 1. The van der Waals surface area contributed by atoms with E-state index in [-0.39, 0.29) is 0 Å². The van der Waals surface area contributed by atoms with E-state index in [1.54, 1.807) is 0 Å². The average Bonchev–Trinajstić information content (AvgIpc) is 3.12. The molecule has 3 rings (SSSR count). The van der Waals surface area contributed by atoms with Crippen molar-refractivity contribution in [3.63, 3.8) is 0 Å². The van der Waals surface area contributed by atoms with E-state index >= 15 is 0 Å². The van der Waals surface area contributed by atoms with Crippen LogP contribution >= 0.6 is 0 Å². The highest BCUT2D eigenvalue weighted by molar-refractivity contribution is 4.87. The van der Waals surface area contributed by atoms with E-state index in [1.165, 1.54) is 12.8 Å². The van der Waals surface area contributed by atoms with Crippen molar-refractivity contribution in [2.24, 2.45) is 11.7 Å². The van der Waals surface area contributed by atoms with Crippen molar-refractivity contribution >= 4 is 0 Å². The van der Waals surface area contributed by atoms with E-state index in [9.17, 15) is 0 Å². The standard InChI is InChI=1S/C13H20N6O/c14-8-13-16-12(17-20-13)10-18-6-2-11(3-7-18)9-19-5-1-4-15-19/h1,4-5,11H,2-3,6-10,14H2. The largest absolute Gasteiger partial charge is 0.338 e. The fraction of sp³-hybridized carbons (Fsp3) is 0.615. The lowest BCUT2D eigenvalue weighted by atomic mass is 9.97. The second kappa shape index (κ2) is 6.15. The summed E-state index contributed by atoms with van der Waals surface area (Å²) in [4.78, 5) is 6.61. The molecule has 108 valence electrons. The fourth-order valence-electron chi connectivity index (χ4n) is 2.64. The molecule has 1 aliphatic rings. The summed E-state index contributed by atoms with van der Waals surface area (Å²) < 4.78 is 7.04. The van der Waals surface area contributed by atoms with E-state index in [4.69, 9.17) is 10.3 Å². The van der Waals surface area contributed by atoms with Crippen molar-refractivity contribution in [1.29, 1.82) is 0 Å². The lowest BCUT2D eigenvalue weighted by Gasteiger charge is -2.30. The Labute approximate surface area is 117 Å². The highest BCUT2D eigenvalue weighted by Gasteiger charge is 2.21. The topological polar surface area (TPSA) is 86.0 Å². The molecule has 0 amide bonds. The zero-order valence-corrected chi connectivity index (χ0v) is 11.5. The number of rotatable bonds is 5.